The molecular formula is C45H25NO2. The van der Waals surface area contributed by atoms with Crippen LogP contribution in [-0.4, -0.2) is 4.40 Å². The molecule has 2 aliphatic carbocycles. The van der Waals surface area contributed by atoms with E-state index in [-0.39, 0.29) is 11.1 Å². The van der Waals surface area contributed by atoms with Crippen LogP contribution >= 0.6 is 0 Å². The molecule has 48 heavy (non-hydrogen) atoms. The van der Waals surface area contributed by atoms with Crippen LogP contribution in [0.1, 0.15) is 22.3 Å². The van der Waals surface area contributed by atoms with Crippen molar-refractivity contribution in [1.82, 2.24) is 4.40 Å². The van der Waals surface area contributed by atoms with Crippen LogP contribution in [0.25, 0.3) is 71.2 Å². The van der Waals surface area contributed by atoms with Crippen molar-refractivity contribution in [2.24, 2.45) is 0 Å². The standard InChI is InChI=1S/C45H25NO2/c47-43-34-16-3-1-11-28(34)36-23-27(24-37-29-12-2-4-17-35(29)44(48)46(43)42(36)37)26-21-22-33-32-15-7-10-20-40(32)45(41(33)25-26)38-18-8-5-13-30(38)31-14-6-9-19-39(31)45/h1-25H. The Morgan fingerprint density at radius 1 is 0.354 bits per heavy atom. The Morgan fingerprint density at radius 2 is 0.771 bits per heavy atom. The van der Waals surface area contributed by atoms with Crippen molar-refractivity contribution in [3.05, 3.63) is 195 Å². The van der Waals surface area contributed by atoms with E-state index in [2.05, 4.69) is 103 Å². The Hall–Kier alpha value is -6.32. The summed E-state index contributed by atoms with van der Waals surface area (Å²) in [5.41, 5.74) is 12.1. The molecule has 0 fully saturated rings. The average molecular weight is 612 g/mol. The summed E-state index contributed by atoms with van der Waals surface area (Å²) in [6.45, 7) is 0. The SMILES string of the molecule is O=c1c2ccccc2c2cc(-c3ccc4c(c3)C3(c5ccccc5-c5ccccc53)c3ccccc3-4)cc3c4ccccc4c(=O)n1c23. The van der Waals surface area contributed by atoms with E-state index in [9.17, 15) is 9.59 Å². The highest BCUT2D eigenvalue weighted by Gasteiger charge is 2.51. The molecule has 7 aromatic carbocycles. The summed E-state index contributed by atoms with van der Waals surface area (Å²) in [5.74, 6) is 0. The number of rotatable bonds is 1. The fourth-order valence-corrected chi connectivity index (χ4v) is 9.07. The molecule has 11 rings (SSSR count). The zero-order valence-corrected chi connectivity index (χ0v) is 25.7. The van der Waals surface area contributed by atoms with Crippen molar-refractivity contribution < 1.29 is 0 Å². The zero-order valence-electron chi connectivity index (χ0n) is 25.7. The normalized spacial score (nSPS) is 13.8. The van der Waals surface area contributed by atoms with Gasteiger partial charge in [0.2, 0.25) is 0 Å². The third-order valence-electron chi connectivity index (χ3n) is 11.0. The summed E-state index contributed by atoms with van der Waals surface area (Å²) in [6.07, 6.45) is 0. The third kappa shape index (κ3) is 2.96. The minimum Gasteiger partial charge on any atom is -0.268 e. The Bertz CT molecular complexity index is 2840. The van der Waals surface area contributed by atoms with Gasteiger partial charge < -0.3 is 0 Å². The van der Waals surface area contributed by atoms with E-state index in [4.69, 9.17) is 0 Å². The maximum absolute atomic E-state index is 13.9. The van der Waals surface area contributed by atoms with Gasteiger partial charge in [-0.15, -0.1) is 0 Å². The van der Waals surface area contributed by atoms with Crippen molar-refractivity contribution in [1.29, 1.82) is 0 Å². The summed E-state index contributed by atoms with van der Waals surface area (Å²) in [5, 5.41) is 4.60. The van der Waals surface area contributed by atoms with Gasteiger partial charge in [-0.25, -0.2) is 4.40 Å². The number of hydrogen-bond acceptors (Lipinski definition) is 2. The Kier molecular flexibility index (Phi) is 4.81. The van der Waals surface area contributed by atoms with E-state index in [1.165, 1.54) is 48.9 Å². The highest BCUT2D eigenvalue weighted by molar-refractivity contribution is 6.19. The average Bonchev–Trinajstić information content (AvgIpc) is 3.61. The fraction of sp³-hybridized carbons (Fsp3) is 0.0222. The first kappa shape index (κ1) is 25.8. The lowest BCUT2D eigenvalue weighted by Gasteiger charge is -2.30. The number of benzene rings is 7. The summed E-state index contributed by atoms with van der Waals surface area (Å²) < 4.78 is 1.39. The van der Waals surface area contributed by atoms with Gasteiger partial charge in [0.1, 0.15) is 0 Å². The largest absolute Gasteiger partial charge is 0.268 e. The van der Waals surface area contributed by atoms with E-state index in [1.807, 2.05) is 48.5 Å². The van der Waals surface area contributed by atoms with E-state index in [0.29, 0.717) is 16.3 Å². The molecule has 3 heteroatoms. The van der Waals surface area contributed by atoms with E-state index < -0.39 is 5.41 Å². The molecule has 0 radical (unpaired) electrons. The van der Waals surface area contributed by atoms with Crippen LogP contribution in [-0.2, 0) is 5.41 Å². The Labute approximate surface area is 274 Å². The van der Waals surface area contributed by atoms with Crippen LogP contribution in [0.5, 0.6) is 0 Å². The van der Waals surface area contributed by atoms with Gasteiger partial charge in [-0.05, 0) is 96.7 Å². The summed E-state index contributed by atoms with van der Waals surface area (Å²) >= 11 is 0. The number of aromatic nitrogens is 1. The molecule has 0 unspecified atom stereocenters. The second kappa shape index (κ2) is 8.93. The molecule has 2 heterocycles. The maximum atomic E-state index is 13.9. The molecule has 0 amide bonds. The number of fused-ring (bicyclic) bond motifs is 14. The molecule has 1 spiro atoms. The minimum atomic E-state index is -0.438. The second-order valence-electron chi connectivity index (χ2n) is 13.1. The number of pyridine rings is 2. The molecule has 0 N–H and O–H groups in total. The van der Waals surface area contributed by atoms with Gasteiger partial charge >= 0.3 is 0 Å². The van der Waals surface area contributed by atoms with Crippen molar-refractivity contribution in [3.63, 3.8) is 0 Å². The molecule has 0 bridgehead atoms. The van der Waals surface area contributed by atoms with E-state index in [1.54, 1.807) is 0 Å². The molecule has 9 aromatic rings. The van der Waals surface area contributed by atoms with Gasteiger partial charge in [0.25, 0.3) is 11.1 Å². The summed E-state index contributed by atoms with van der Waals surface area (Å²) in [4.78, 5) is 27.7. The van der Waals surface area contributed by atoms with E-state index in [0.717, 1.165) is 32.7 Å². The van der Waals surface area contributed by atoms with Gasteiger partial charge in [-0.3, -0.25) is 9.59 Å². The highest BCUT2D eigenvalue weighted by atomic mass is 16.2. The smallest absolute Gasteiger partial charge is 0.266 e. The number of nitrogens with zero attached hydrogens (tertiary/aromatic N) is 1. The monoisotopic (exact) mass is 611 g/mol. The molecule has 3 nitrogen and oxygen atoms in total. The third-order valence-corrected chi connectivity index (χ3v) is 11.0. The Balaban J connectivity index is 1.28. The van der Waals surface area contributed by atoms with Gasteiger partial charge in [0, 0.05) is 21.5 Å². The van der Waals surface area contributed by atoms with Crippen molar-refractivity contribution in [2.75, 3.05) is 0 Å². The van der Waals surface area contributed by atoms with Gasteiger partial charge in [0.15, 0.2) is 0 Å². The first-order valence-electron chi connectivity index (χ1n) is 16.4. The molecular weight excluding hydrogens is 587 g/mol. The predicted octanol–water partition coefficient (Wildman–Crippen LogP) is 9.57. The Morgan fingerprint density at radius 3 is 1.27 bits per heavy atom. The fourth-order valence-electron chi connectivity index (χ4n) is 9.07. The lowest BCUT2D eigenvalue weighted by atomic mass is 9.70. The van der Waals surface area contributed by atoms with Crippen molar-refractivity contribution >= 4 is 37.8 Å². The topological polar surface area (TPSA) is 38.5 Å². The van der Waals surface area contributed by atoms with Crippen molar-refractivity contribution in [2.45, 2.75) is 5.41 Å². The lowest BCUT2D eigenvalue weighted by molar-refractivity contribution is 0.794. The number of hydrogen-bond donors (Lipinski definition) is 0. The highest BCUT2D eigenvalue weighted by Crippen LogP contribution is 2.63. The first-order valence-corrected chi connectivity index (χ1v) is 16.4. The maximum Gasteiger partial charge on any atom is 0.266 e. The van der Waals surface area contributed by atoms with Crippen molar-refractivity contribution in [3.8, 4) is 33.4 Å². The molecule has 0 aliphatic heterocycles. The van der Waals surface area contributed by atoms with Crippen LogP contribution in [0, 0.1) is 0 Å². The first-order chi connectivity index (χ1) is 23.7. The molecule has 0 atom stereocenters. The molecule has 2 aromatic heterocycles. The predicted molar refractivity (Wildman–Crippen MR) is 195 cm³/mol. The molecule has 0 saturated heterocycles. The summed E-state index contributed by atoms with van der Waals surface area (Å²) in [6, 6.07) is 53.1. The van der Waals surface area contributed by atoms with Gasteiger partial charge in [0.05, 0.1) is 10.9 Å². The quantitative estimate of drug-likeness (QED) is 0.137. The van der Waals surface area contributed by atoms with Crippen LogP contribution in [0.15, 0.2) is 161 Å². The van der Waals surface area contributed by atoms with E-state index >= 15 is 0 Å². The lowest BCUT2D eigenvalue weighted by Crippen LogP contribution is -2.27. The van der Waals surface area contributed by atoms with Gasteiger partial charge in [-0.2, -0.15) is 0 Å². The molecule has 2 aliphatic rings. The minimum absolute atomic E-state index is 0.276. The molecule has 222 valence electrons. The zero-order chi connectivity index (χ0) is 31.7. The van der Waals surface area contributed by atoms with Crippen LogP contribution < -0.4 is 11.1 Å². The van der Waals surface area contributed by atoms with Crippen LogP contribution in [0.2, 0.25) is 0 Å². The second-order valence-corrected chi connectivity index (χ2v) is 13.1. The summed E-state index contributed by atoms with van der Waals surface area (Å²) in [7, 11) is 0. The van der Waals surface area contributed by atoms with Crippen LogP contribution in [0.4, 0.5) is 0 Å². The van der Waals surface area contributed by atoms with Gasteiger partial charge in [-0.1, -0.05) is 121 Å². The molecule has 0 saturated carbocycles. The van der Waals surface area contributed by atoms with Crippen LogP contribution in [0.3, 0.4) is 0 Å².